The third-order valence-corrected chi connectivity index (χ3v) is 6.94. The Balaban J connectivity index is 1.46. The number of carbonyl (C=O) groups is 1. The van der Waals surface area contributed by atoms with Crippen LogP contribution in [0.5, 0.6) is 11.5 Å². The van der Waals surface area contributed by atoms with Crippen LogP contribution < -0.4 is 19.1 Å². The number of benzene rings is 2. The van der Waals surface area contributed by atoms with E-state index in [1.165, 1.54) is 0 Å². The average molecular weight is 485 g/mol. The summed E-state index contributed by atoms with van der Waals surface area (Å²) < 4.78 is 36.6. The topological polar surface area (TPSA) is 84.9 Å². The van der Waals surface area contributed by atoms with E-state index < -0.39 is 10.0 Å². The number of thioether (sulfide) groups is 1. The van der Waals surface area contributed by atoms with Gasteiger partial charge >= 0.3 is 0 Å². The van der Waals surface area contributed by atoms with Crippen LogP contribution in [0.3, 0.4) is 0 Å². The normalized spacial score (nSPS) is 13.0. The molecule has 1 aliphatic heterocycles. The first kappa shape index (κ1) is 23.6. The number of nitrogens with one attached hydrogen (secondary N) is 1. The fraction of sp³-hybridized carbons (Fsp3) is 0.381. The van der Waals surface area contributed by atoms with Crippen LogP contribution in [0.2, 0.25) is 5.02 Å². The Bertz CT molecular complexity index is 1020. The number of hydrogen-bond donors (Lipinski definition) is 1. The molecule has 2 aromatic carbocycles. The highest BCUT2D eigenvalue weighted by Crippen LogP contribution is 2.34. The van der Waals surface area contributed by atoms with Gasteiger partial charge in [-0.25, -0.2) is 8.42 Å². The van der Waals surface area contributed by atoms with Crippen LogP contribution >= 0.6 is 23.4 Å². The second-order valence-electron chi connectivity index (χ2n) is 6.98. The van der Waals surface area contributed by atoms with Crippen LogP contribution in [0, 0.1) is 0 Å². The lowest BCUT2D eigenvalue weighted by Crippen LogP contribution is -2.40. The molecule has 0 fully saturated rings. The monoisotopic (exact) mass is 484 g/mol. The molecule has 1 aliphatic rings. The maximum atomic E-state index is 12.4. The Hall–Kier alpha value is -2.10. The molecule has 3 rings (SSSR count). The van der Waals surface area contributed by atoms with E-state index in [-0.39, 0.29) is 12.5 Å². The third-order valence-electron chi connectivity index (χ3n) is 4.45. The van der Waals surface area contributed by atoms with Crippen molar-refractivity contribution in [2.75, 3.05) is 42.6 Å². The minimum Gasteiger partial charge on any atom is -0.486 e. The van der Waals surface area contributed by atoms with Gasteiger partial charge in [-0.15, -0.1) is 0 Å². The largest absolute Gasteiger partial charge is 0.486 e. The number of ether oxygens (including phenoxy) is 2. The van der Waals surface area contributed by atoms with Gasteiger partial charge in [-0.1, -0.05) is 23.7 Å². The van der Waals surface area contributed by atoms with Crippen molar-refractivity contribution in [3.05, 3.63) is 53.1 Å². The maximum Gasteiger partial charge on any atom is 0.240 e. The molecule has 2 aromatic rings. The number of rotatable bonds is 10. The predicted molar refractivity (Wildman–Crippen MR) is 125 cm³/mol. The predicted octanol–water partition coefficient (Wildman–Crippen LogP) is 3.32. The number of fused-ring (bicyclic) bond motifs is 1. The zero-order valence-corrected chi connectivity index (χ0v) is 19.6. The average Bonchev–Trinajstić information content (AvgIpc) is 2.73. The fourth-order valence-corrected chi connectivity index (χ4v) is 4.96. The molecule has 7 nitrogen and oxygen atoms in total. The standard InChI is InChI=1S/C21H25ClN2O5S2/c1-31(26,27)24(18-6-7-19-20(13-18)29-10-9-28-19)14-21(25)23-8-3-11-30-15-16-4-2-5-17(22)12-16/h2,4-7,12-13H,3,8-11,14-15H2,1H3,(H,23,25). The first-order valence-corrected chi connectivity index (χ1v) is 13.2. The summed E-state index contributed by atoms with van der Waals surface area (Å²) in [7, 11) is -3.65. The molecule has 168 valence electrons. The number of anilines is 1. The highest BCUT2D eigenvalue weighted by molar-refractivity contribution is 7.98. The second-order valence-corrected chi connectivity index (χ2v) is 10.4. The molecule has 1 N–H and O–H groups in total. The van der Waals surface area contributed by atoms with Crippen molar-refractivity contribution < 1.29 is 22.7 Å². The highest BCUT2D eigenvalue weighted by Gasteiger charge is 2.23. The molecule has 0 atom stereocenters. The van der Waals surface area contributed by atoms with Crippen LogP contribution in [0.15, 0.2) is 42.5 Å². The van der Waals surface area contributed by atoms with Gasteiger partial charge in [0, 0.05) is 23.4 Å². The molecule has 0 unspecified atom stereocenters. The number of sulfonamides is 1. The minimum atomic E-state index is -3.65. The minimum absolute atomic E-state index is 0.297. The van der Waals surface area contributed by atoms with Crippen molar-refractivity contribution in [2.24, 2.45) is 0 Å². The van der Waals surface area contributed by atoms with E-state index in [9.17, 15) is 13.2 Å². The Morgan fingerprint density at radius 2 is 1.94 bits per heavy atom. The van der Waals surface area contributed by atoms with Gasteiger partial charge in [0.25, 0.3) is 0 Å². The second kappa shape index (κ2) is 11.0. The van der Waals surface area contributed by atoms with Crippen molar-refractivity contribution in [3.63, 3.8) is 0 Å². The van der Waals surface area contributed by atoms with E-state index in [2.05, 4.69) is 5.32 Å². The fourth-order valence-electron chi connectivity index (χ4n) is 2.99. The highest BCUT2D eigenvalue weighted by atomic mass is 35.5. The van der Waals surface area contributed by atoms with Crippen molar-refractivity contribution >= 4 is 45.0 Å². The smallest absolute Gasteiger partial charge is 0.240 e. The molecule has 31 heavy (non-hydrogen) atoms. The van der Waals surface area contributed by atoms with Crippen molar-refractivity contribution in [1.29, 1.82) is 0 Å². The molecule has 0 spiro atoms. The van der Waals surface area contributed by atoms with Gasteiger partial charge in [0.15, 0.2) is 11.5 Å². The lowest BCUT2D eigenvalue weighted by molar-refractivity contribution is -0.119. The van der Waals surface area contributed by atoms with Crippen LogP contribution in [0.4, 0.5) is 5.69 Å². The summed E-state index contributed by atoms with van der Waals surface area (Å²) in [5.74, 6) is 2.38. The Morgan fingerprint density at radius 1 is 1.16 bits per heavy atom. The summed E-state index contributed by atoms with van der Waals surface area (Å²) in [6.45, 7) is 1.02. The van der Waals surface area contributed by atoms with Gasteiger partial charge < -0.3 is 14.8 Å². The van der Waals surface area contributed by atoms with E-state index in [0.717, 1.165) is 39.1 Å². The lowest BCUT2D eigenvalue weighted by Gasteiger charge is -2.24. The molecule has 1 amide bonds. The molecule has 0 aliphatic carbocycles. The maximum absolute atomic E-state index is 12.4. The molecular weight excluding hydrogens is 460 g/mol. The van der Waals surface area contributed by atoms with Gasteiger partial charge in [-0.3, -0.25) is 9.10 Å². The quantitative estimate of drug-likeness (QED) is 0.521. The van der Waals surface area contributed by atoms with Crippen LogP contribution in [-0.4, -0.2) is 52.6 Å². The van der Waals surface area contributed by atoms with E-state index in [4.69, 9.17) is 21.1 Å². The van der Waals surface area contributed by atoms with Gasteiger partial charge in [-0.05, 0) is 42.0 Å². The molecule has 10 heteroatoms. The summed E-state index contributed by atoms with van der Waals surface area (Å²) in [4.78, 5) is 12.4. The Morgan fingerprint density at radius 3 is 2.68 bits per heavy atom. The van der Waals surface area contributed by atoms with Gasteiger partial charge in [-0.2, -0.15) is 11.8 Å². The summed E-state index contributed by atoms with van der Waals surface area (Å²) in [5.41, 5.74) is 1.52. The van der Waals surface area contributed by atoms with Crippen LogP contribution in [0.25, 0.3) is 0 Å². The summed E-state index contributed by atoms with van der Waals surface area (Å²) in [6.07, 6.45) is 1.85. The van der Waals surface area contributed by atoms with Crippen molar-refractivity contribution in [2.45, 2.75) is 12.2 Å². The van der Waals surface area contributed by atoms with Crippen molar-refractivity contribution in [1.82, 2.24) is 5.32 Å². The first-order chi connectivity index (χ1) is 14.8. The molecule has 0 radical (unpaired) electrons. The summed E-state index contributed by atoms with van der Waals surface area (Å²) >= 11 is 7.73. The Labute approximate surface area is 192 Å². The van der Waals surface area contributed by atoms with Crippen LogP contribution in [0.1, 0.15) is 12.0 Å². The van der Waals surface area contributed by atoms with Crippen molar-refractivity contribution in [3.8, 4) is 11.5 Å². The summed E-state index contributed by atoms with van der Waals surface area (Å²) in [6, 6.07) is 12.6. The number of carbonyl (C=O) groups excluding carboxylic acids is 1. The number of nitrogens with zero attached hydrogens (tertiary/aromatic N) is 1. The molecule has 0 saturated carbocycles. The van der Waals surface area contributed by atoms with E-state index in [0.29, 0.717) is 36.9 Å². The number of hydrogen-bond acceptors (Lipinski definition) is 6. The zero-order valence-electron chi connectivity index (χ0n) is 17.2. The Kier molecular flexibility index (Phi) is 8.34. The van der Waals surface area contributed by atoms with Gasteiger partial charge in [0.05, 0.1) is 11.9 Å². The third kappa shape index (κ3) is 7.22. The van der Waals surface area contributed by atoms with E-state index in [1.807, 2.05) is 24.3 Å². The van der Waals surface area contributed by atoms with Gasteiger partial charge in [0.1, 0.15) is 19.8 Å². The molecule has 1 heterocycles. The van der Waals surface area contributed by atoms with Gasteiger partial charge in [0.2, 0.25) is 15.9 Å². The number of amides is 1. The first-order valence-electron chi connectivity index (χ1n) is 9.79. The van der Waals surface area contributed by atoms with E-state index >= 15 is 0 Å². The zero-order chi connectivity index (χ0) is 22.3. The summed E-state index contributed by atoms with van der Waals surface area (Å²) in [5, 5.41) is 3.51. The van der Waals surface area contributed by atoms with E-state index in [1.54, 1.807) is 30.0 Å². The molecule has 0 aromatic heterocycles. The molecule has 0 saturated heterocycles. The molecule has 0 bridgehead atoms. The molecular formula is C21H25ClN2O5S2. The lowest BCUT2D eigenvalue weighted by atomic mass is 10.2. The van der Waals surface area contributed by atoms with Crippen LogP contribution in [-0.2, 0) is 20.6 Å². The number of halogens is 1. The SMILES string of the molecule is CS(=O)(=O)N(CC(=O)NCCCSCc1cccc(Cl)c1)c1ccc2c(c1)OCCO2.